The van der Waals surface area contributed by atoms with Gasteiger partial charge in [-0.05, 0) is 6.54 Å². The smallest absolute Gasteiger partial charge is 0.327 e. The van der Waals surface area contributed by atoms with Crippen LogP contribution in [0.5, 0.6) is 0 Å². The molecule has 0 saturated carbocycles. The minimum Gasteiger partial charge on any atom is -0.480 e. The second kappa shape index (κ2) is 8.39. The number of morpholine rings is 1. The van der Waals surface area contributed by atoms with Gasteiger partial charge in [-0.1, -0.05) is 6.92 Å². The molecule has 0 aliphatic carbocycles. The molecule has 2 unspecified atom stereocenters. The topological polar surface area (TPSA) is 78.9 Å². The Morgan fingerprint density at radius 3 is 2.89 bits per heavy atom. The van der Waals surface area contributed by atoms with Gasteiger partial charge >= 0.3 is 5.97 Å². The Hall–Kier alpha value is -0.790. The predicted molar refractivity (Wildman–Crippen MR) is 74.4 cm³/mol. The molecule has 0 spiro atoms. The number of carbonyl (C=O) groups excluding carboxylic acids is 1. The number of carboxylic acid groups (broad SMARTS) is 1. The Morgan fingerprint density at radius 2 is 2.32 bits per heavy atom. The Balaban J connectivity index is 2.27. The molecule has 19 heavy (non-hydrogen) atoms. The minimum absolute atomic E-state index is 0.144. The highest BCUT2D eigenvalue weighted by Gasteiger charge is 2.22. The molecule has 2 atom stereocenters. The average molecular weight is 290 g/mol. The van der Waals surface area contributed by atoms with E-state index in [1.165, 1.54) is 18.7 Å². The zero-order valence-electron chi connectivity index (χ0n) is 11.4. The summed E-state index contributed by atoms with van der Waals surface area (Å²) in [6.07, 6.45) is 0.144. The molecular weight excluding hydrogens is 268 g/mol. The summed E-state index contributed by atoms with van der Waals surface area (Å²) in [7, 11) is 0. The molecule has 6 nitrogen and oxygen atoms in total. The maximum absolute atomic E-state index is 10.9. The largest absolute Gasteiger partial charge is 0.480 e. The van der Waals surface area contributed by atoms with E-state index in [1.807, 2.05) is 0 Å². The van der Waals surface area contributed by atoms with Gasteiger partial charge in [-0.3, -0.25) is 9.69 Å². The SMILES string of the molecule is CCN1CCOC(CSCC(NC(C)=O)C(=O)O)C1. The van der Waals surface area contributed by atoms with Gasteiger partial charge in [-0.25, -0.2) is 4.79 Å². The average Bonchev–Trinajstić information content (AvgIpc) is 2.37. The molecule has 110 valence electrons. The van der Waals surface area contributed by atoms with E-state index in [0.29, 0.717) is 5.75 Å². The molecule has 1 amide bonds. The van der Waals surface area contributed by atoms with Crippen molar-refractivity contribution in [1.29, 1.82) is 0 Å². The van der Waals surface area contributed by atoms with E-state index < -0.39 is 12.0 Å². The Kier molecular flexibility index (Phi) is 7.19. The van der Waals surface area contributed by atoms with Crippen molar-refractivity contribution in [1.82, 2.24) is 10.2 Å². The van der Waals surface area contributed by atoms with E-state index in [9.17, 15) is 9.59 Å². The predicted octanol–water partition coefficient (Wildman–Crippen LogP) is 0.0296. The first kappa shape index (κ1) is 16.3. The number of thioether (sulfide) groups is 1. The van der Waals surface area contributed by atoms with E-state index in [4.69, 9.17) is 9.84 Å². The van der Waals surface area contributed by atoms with Gasteiger partial charge in [-0.2, -0.15) is 11.8 Å². The number of carboxylic acids is 1. The Morgan fingerprint density at radius 1 is 1.58 bits per heavy atom. The quantitative estimate of drug-likeness (QED) is 0.689. The van der Waals surface area contributed by atoms with Crippen LogP contribution in [-0.2, 0) is 14.3 Å². The van der Waals surface area contributed by atoms with Crippen LogP contribution < -0.4 is 5.32 Å². The van der Waals surface area contributed by atoms with Crippen molar-refractivity contribution in [2.45, 2.75) is 26.0 Å². The molecule has 1 saturated heterocycles. The van der Waals surface area contributed by atoms with Crippen LogP contribution >= 0.6 is 11.8 Å². The fraction of sp³-hybridized carbons (Fsp3) is 0.833. The van der Waals surface area contributed by atoms with Gasteiger partial charge in [0, 0.05) is 31.5 Å². The second-order valence-corrected chi connectivity index (χ2v) is 5.59. The summed E-state index contributed by atoms with van der Waals surface area (Å²) in [4.78, 5) is 24.2. The fourth-order valence-corrected chi connectivity index (χ4v) is 2.97. The summed E-state index contributed by atoms with van der Waals surface area (Å²) >= 11 is 1.50. The number of likely N-dealkylation sites (N-methyl/N-ethyl adjacent to an activating group) is 1. The van der Waals surface area contributed by atoms with Crippen molar-refractivity contribution in [3.05, 3.63) is 0 Å². The lowest BCUT2D eigenvalue weighted by molar-refractivity contribution is -0.140. The first-order valence-electron chi connectivity index (χ1n) is 6.44. The summed E-state index contributed by atoms with van der Waals surface area (Å²) < 4.78 is 5.64. The van der Waals surface area contributed by atoms with Gasteiger partial charge in [0.25, 0.3) is 0 Å². The van der Waals surface area contributed by atoms with Gasteiger partial charge in [0.05, 0.1) is 12.7 Å². The third kappa shape index (κ3) is 6.26. The molecule has 0 aromatic carbocycles. The van der Waals surface area contributed by atoms with Crippen LogP contribution in [0.3, 0.4) is 0 Å². The molecule has 0 aromatic rings. The van der Waals surface area contributed by atoms with Crippen molar-refractivity contribution in [2.75, 3.05) is 37.7 Å². The van der Waals surface area contributed by atoms with Crippen LogP contribution in [0.25, 0.3) is 0 Å². The first-order chi connectivity index (χ1) is 9.02. The van der Waals surface area contributed by atoms with Crippen LogP contribution in [0.4, 0.5) is 0 Å². The number of hydrogen-bond acceptors (Lipinski definition) is 5. The fourth-order valence-electron chi connectivity index (χ4n) is 1.91. The number of amides is 1. The van der Waals surface area contributed by atoms with Crippen molar-refractivity contribution >= 4 is 23.6 Å². The van der Waals surface area contributed by atoms with E-state index in [-0.39, 0.29) is 12.0 Å². The van der Waals surface area contributed by atoms with Crippen molar-refractivity contribution in [2.24, 2.45) is 0 Å². The number of rotatable bonds is 7. The van der Waals surface area contributed by atoms with Crippen LogP contribution in [-0.4, -0.2) is 71.8 Å². The highest BCUT2D eigenvalue weighted by molar-refractivity contribution is 7.99. The third-order valence-corrected chi connectivity index (χ3v) is 4.11. The van der Waals surface area contributed by atoms with E-state index >= 15 is 0 Å². The molecule has 0 radical (unpaired) electrons. The summed E-state index contributed by atoms with van der Waals surface area (Å²) in [5.74, 6) is -0.206. The molecule has 7 heteroatoms. The molecule has 1 rings (SSSR count). The maximum atomic E-state index is 10.9. The van der Waals surface area contributed by atoms with Gasteiger partial charge in [0.2, 0.25) is 5.91 Å². The summed E-state index contributed by atoms with van der Waals surface area (Å²) in [6, 6.07) is -0.826. The monoisotopic (exact) mass is 290 g/mol. The second-order valence-electron chi connectivity index (χ2n) is 4.51. The number of hydrogen-bond donors (Lipinski definition) is 2. The number of carbonyl (C=O) groups is 2. The molecule has 1 heterocycles. The number of aliphatic carboxylic acids is 1. The summed E-state index contributed by atoms with van der Waals surface area (Å²) in [5.41, 5.74) is 0. The molecule has 1 aliphatic heterocycles. The lowest BCUT2D eigenvalue weighted by Crippen LogP contribution is -2.44. The number of ether oxygens (including phenoxy) is 1. The van der Waals surface area contributed by atoms with Gasteiger partial charge in [-0.15, -0.1) is 0 Å². The van der Waals surface area contributed by atoms with Crippen LogP contribution in [0.15, 0.2) is 0 Å². The normalized spacial score (nSPS) is 21.9. The van der Waals surface area contributed by atoms with Gasteiger partial charge in [0.1, 0.15) is 6.04 Å². The summed E-state index contributed by atoms with van der Waals surface area (Å²) in [5, 5.41) is 11.4. The zero-order chi connectivity index (χ0) is 14.3. The van der Waals surface area contributed by atoms with Crippen LogP contribution in [0.1, 0.15) is 13.8 Å². The third-order valence-electron chi connectivity index (χ3n) is 2.93. The molecule has 0 aromatic heterocycles. The molecule has 1 fully saturated rings. The summed E-state index contributed by atoms with van der Waals surface area (Å²) in [6.45, 7) is 7.03. The highest BCUT2D eigenvalue weighted by Crippen LogP contribution is 2.12. The van der Waals surface area contributed by atoms with Gasteiger partial charge < -0.3 is 15.2 Å². The lowest BCUT2D eigenvalue weighted by atomic mass is 10.3. The Bertz CT molecular complexity index is 314. The molecule has 2 N–H and O–H groups in total. The number of nitrogens with one attached hydrogen (secondary N) is 1. The van der Waals surface area contributed by atoms with Gasteiger partial charge in [0.15, 0.2) is 0 Å². The minimum atomic E-state index is -0.998. The van der Waals surface area contributed by atoms with Crippen molar-refractivity contribution < 1.29 is 19.4 Å². The molecular formula is C12H22N2O4S. The van der Waals surface area contributed by atoms with E-state index in [1.54, 1.807) is 0 Å². The van der Waals surface area contributed by atoms with E-state index in [0.717, 1.165) is 32.0 Å². The first-order valence-corrected chi connectivity index (χ1v) is 7.60. The van der Waals surface area contributed by atoms with Crippen LogP contribution in [0.2, 0.25) is 0 Å². The zero-order valence-corrected chi connectivity index (χ0v) is 12.2. The molecule has 1 aliphatic rings. The molecule has 0 bridgehead atoms. The standard InChI is InChI=1S/C12H22N2O4S/c1-3-14-4-5-18-10(6-14)7-19-8-11(12(16)17)13-9(2)15/h10-11H,3-8H2,1-2H3,(H,13,15)(H,16,17). The van der Waals surface area contributed by atoms with Crippen LogP contribution in [0, 0.1) is 0 Å². The number of nitrogens with zero attached hydrogens (tertiary/aromatic N) is 1. The lowest BCUT2D eigenvalue weighted by Gasteiger charge is -2.32. The Labute approximate surface area is 117 Å². The highest BCUT2D eigenvalue weighted by atomic mass is 32.2. The maximum Gasteiger partial charge on any atom is 0.327 e. The van der Waals surface area contributed by atoms with Crippen molar-refractivity contribution in [3.63, 3.8) is 0 Å². The van der Waals surface area contributed by atoms with E-state index in [2.05, 4.69) is 17.1 Å². The van der Waals surface area contributed by atoms with Crippen molar-refractivity contribution in [3.8, 4) is 0 Å².